The predicted octanol–water partition coefficient (Wildman–Crippen LogP) is 4.83. The van der Waals surface area contributed by atoms with E-state index in [2.05, 4.69) is 45.4 Å². The van der Waals surface area contributed by atoms with E-state index in [9.17, 15) is 9.59 Å². The van der Waals surface area contributed by atoms with Gasteiger partial charge in [-0.1, -0.05) is 49.8 Å². The first-order chi connectivity index (χ1) is 21.0. The molecule has 6 rings (SSSR count). The number of amides is 1. The number of rotatable bonds is 4. The Balaban J connectivity index is 1.42. The SMILES string of the molecule is C[C@@H]1CCC[C@H](n2cnc(-c3cc(Cl)ccc3-n3cc([Si](C)(C)C)nn3)cc2=O)c2cc(ccn2)-c2c(cnn2C)NC1=O. The lowest BCUT2D eigenvalue weighted by atomic mass is 9.97. The molecule has 1 aromatic carbocycles. The monoisotopic (exact) mass is 627 g/mol. The highest BCUT2D eigenvalue weighted by atomic mass is 35.5. The molecule has 1 aliphatic rings. The molecule has 0 fully saturated rings. The summed E-state index contributed by atoms with van der Waals surface area (Å²) < 4.78 is 5.07. The number of pyridine rings is 1. The number of carbonyl (C=O) groups is 1. The molecule has 1 aliphatic heterocycles. The molecule has 44 heavy (non-hydrogen) atoms. The topological polar surface area (TPSA) is 125 Å². The van der Waals surface area contributed by atoms with E-state index in [4.69, 9.17) is 16.6 Å². The van der Waals surface area contributed by atoms with Crippen LogP contribution >= 0.6 is 11.6 Å². The van der Waals surface area contributed by atoms with Crippen LogP contribution in [0.5, 0.6) is 0 Å². The van der Waals surface area contributed by atoms with Gasteiger partial charge in [0.15, 0.2) is 0 Å². The highest BCUT2D eigenvalue weighted by Crippen LogP contribution is 2.33. The van der Waals surface area contributed by atoms with Crippen LogP contribution in [0.25, 0.3) is 28.2 Å². The number of benzene rings is 1. The Morgan fingerprint density at radius 1 is 1.05 bits per heavy atom. The van der Waals surface area contributed by atoms with Crippen molar-refractivity contribution < 1.29 is 4.79 Å². The van der Waals surface area contributed by atoms with Crippen molar-refractivity contribution in [1.82, 2.24) is 39.3 Å². The van der Waals surface area contributed by atoms with Crippen molar-refractivity contribution in [3.05, 3.63) is 82.4 Å². The van der Waals surface area contributed by atoms with Gasteiger partial charge in [-0.3, -0.25) is 23.8 Å². The summed E-state index contributed by atoms with van der Waals surface area (Å²) in [6.07, 6.45) is 8.87. The van der Waals surface area contributed by atoms with E-state index in [1.165, 1.54) is 6.07 Å². The zero-order valence-corrected chi connectivity index (χ0v) is 27.1. The summed E-state index contributed by atoms with van der Waals surface area (Å²) >= 11 is 6.42. The molecule has 0 radical (unpaired) electrons. The molecule has 1 N–H and O–H groups in total. The van der Waals surface area contributed by atoms with Crippen LogP contribution in [0.1, 0.15) is 37.9 Å². The Morgan fingerprint density at radius 2 is 1.86 bits per heavy atom. The average molecular weight is 628 g/mol. The molecule has 13 heteroatoms. The minimum atomic E-state index is -1.68. The molecular weight excluding hydrogens is 594 g/mol. The number of halogens is 1. The first-order valence-electron chi connectivity index (χ1n) is 14.6. The van der Waals surface area contributed by atoms with Gasteiger partial charge in [-0.2, -0.15) is 5.10 Å². The van der Waals surface area contributed by atoms with Crippen molar-refractivity contribution in [2.45, 2.75) is 51.9 Å². The normalized spacial score (nSPS) is 17.4. The van der Waals surface area contributed by atoms with Crippen molar-refractivity contribution >= 4 is 36.6 Å². The van der Waals surface area contributed by atoms with Crippen LogP contribution in [0, 0.1) is 5.92 Å². The van der Waals surface area contributed by atoms with Crippen LogP contribution in [0.2, 0.25) is 24.7 Å². The number of fused-ring (bicyclic) bond motifs is 4. The van der Waals surface area contributed by atoms with E-state index in [0.717, 1.165) is 28.0 Å². The number of hydrogen-bond acceptors (Lipinski definition) is 7. The van der Waals surface area contributed by atoms with E-state index in [1.807, 2.05) is 38.4 Å². The van der Waals surface area contributed by atoms with Crippen molar-refractivity contribution in [1.29, 1.82) is 0 Å². The zero-order chi connectivity index (χ0) is 31.2. The number of nitrogens with zero attached hydrogens (tertiary/aromatic N) is 8. The third-order valence-corrected chi connectivity index (χ3v) is 10.1. The number of anilines is 1. The summed E-state index contributed by atoms with van der Waals surface area (Å²) in [4.78, 5) is 36.2. The summed E-state index contributed by atoms with van der Waals surface area (Å²) in [5.41, 5.74) is 4.65. The van der Waals surface area contributed by atoms with Gasteiger partial charge in [0, 0.05) is 47.6 Å². The standard InChI is InChI=1S/C31H34ClN9O2Si/c1-19-7-6-8-27(24-13-20(11-12-33-24)30-25(36-31(19)43)16-35-39(30)2)40-18-34-23(15-29(40)42)22-14-21(32)9-10-26(22)41-17-28(37-38-41)44(3,4)5/h9-19,27H,6-8H2,1-5H3,(H,36,43)/t19-,27+/m1/s1. The average Bonchev–Trinajstić information content (AvgIpc) is 3.62. The van der Waals surface area contributed by atoms with Crippen LogP contribution in [-0.4, -0.2) is 53.3 Å². The summed E-state index contributed by atoms with van der Waals surface area (Å²) in [5.74, 6) is -0.276. The molecule has 4 aromatic heterocycles. The van der Waals surface area contributed by atoms with Gasteiger partial charge in [-0.15, -0.1) is 5.10 Å². The molecule has 2 atom stereocenters. The van der Waals surface area contributed by atoms with Crippen LogP contribution in [-0.2, 0) is 11.8 Å². The summed E-state index contributed by atoms with van der Waals surface area (Å²) in [6, 6.07) is 10.4. The summed E-state index contributed by atoms with van der Waals surface area (Å²) in [6.45, 7) is 8.55. The maximum absolute atomic E-state index is 13.8. The van der Waals surface area contributed by atoms with E-state index in [-0.39, 0.29) is 23.4 Å². The number of aryl methyl sites for hydroxylation is 1. The molecule has 0 saturated heterocycles. The van der Waals surface area contributed by atoms with Gasteiger partial charge < -0.3 is 5.32 Å². The second kappa shape index (κ2) is 11.6. The molecule has 5 heterocycles. The lowest BCUT2D eigenvalue weighted by Crippen LogP contribution is -2.38. The molecule has 0 saturated carbocycles. The lowest BCUT2D eigenvalue weighted by Gasteiger charge is -2.22. The van der Waals surface area contributed by atoms with Gasteiger partial charge in [-0.25, -0.2) is 9.67 Å². The largest absolute Gasteiger partial charge is 0.323 e. The maximum Gasteiger partial charge on any atom is 0.254 e. The molecular formula is C31H34ClN9O2Si. The van der Waals surface area contributed by atoms with E-state index in [0.29, 0.717) is 41.2 Å². The molecule has 0 unspecified atom stereocenters. The maximum atomic E-state index is 13.8. The highest BCUT2D eigenvalue weighted by molar-refractivity contribution is 6.88. The van der Waals surface area contributed by atoms with Crippen molar-refractivity contribution in [3.8, 4) is 28.2 Å². The van der Waals surface area contributed by atoms with Gasteiger partial charge in [0.05, 0.1) is 52.3 Å². The van der Waals surface area contributed by atoms with Gasteiger partial charge >= 0.3 is 0 Å². The van der Waals surface area contributed by atoms with E-state index < -0.39 is 8.07 Å². The summed E-state index contributed by atoms with van der Waals surface area (Å²) in [5, 5.41) is 17.7. The number of nitrogens with one attached hydrogen (secondary N) is 1. The number of hydrogen-bond donors (Lipinski definition) is 1. The Labute approximate surface area is 260 Å². The fraction of sp³-hybridized carbons (Fsp3) is 0.323. The molecule has 11 nitrogen and oxygen atoms in total. The number of carbonyl (C=O) groups excluding carboxylic acids is 1. The second-order valence-electron chi connectivity index (χ2n) is 12.3. The van der Waals surface area contributed by atoms with E-state index in [1.54, 1.807) is 44.8 Å². The minimum absolute atomic E-state index is 0.0597. The highest BCUT2D eigenvalue weighted by Gasteiger charge is 2.25. The second-order valence-corrected chi connectivity index (χ2v) is 17.8. The molecule has 1 amide bonds. The first kappa shape index (κ1) is 29.6. The lowest BCUT2D eigenvalue weighted by molar-refractivity contribution is -0.119. The van der Waals surface area contributed by atoms with Crippen LogP contribution < -0.4 is 16.2 Å². The summed E-state index contributed by atoms with van der Waals surface area (Å²) in [7, 11) is 0.150. The molecule has 5 aromatic rings. The van der Waals surface area contributed by atoms with Crippen molar-refractivity contribution in [2.24, 2.45) is 13.0 Å². The Bertz CT molecular complexity index is 1920. The zero-order valence-electron chi connectivity index (χ0n) is 25.3. The molecule has 2 bridgehead atoms. The third kappa shape index (κ3) is 5.74. The minimum Gasteiger partial charge on any atom is -0.323 e. The Morgan fingerprint density at radius 3 is 2.61 bits per heavy atom. The van der Waals surface area contributed by atoms with Crippen molar-refractivity contribution in [3.63, 3.8) is 0 Å². The van der Waals surface area contributed by atoms with Gasteiger partial charge in [0.2, 0.25) is 5.91 Å². The number of aromatic nitrogens is 8. The quantitative estimate of drug-likeness (QED) is 0.283. The molecule has 226 valence electrons. The van der Waals surface area contributed by atoms with E-state index >= 15 is 0 Å². The Hall–Kier alpha value is -4.42. The van der Waals surface area contributed by atoms with Gasteiger partial charge in [0.1, 0.15) is 8.07 Å². The van der Waals surface area contributed by atoms with Gasteiger partial charge in [-0.05, 0) is 43.2 Å². The van der Waals surface area contributed by atoms with Crippen molar-refractivity contribution in [2.75, 3.05) is 5.32 Å². The van der Waals surface area contributed by atoms with Crippen LogP contribution in [0.3, 0.4) is 0 Å². The molecule has 0 aliphatic carbocycles. The predicted molar refractivity (Wildman–Crippen MR) is 173 cm³/mol. The Kier molecular flexibility index (Phi) is 7.80. The van der Waals surface area contributed by atoms with Crippen LogP contribution in [0.4, 0.5) is 5.69 Å². The first-order valence-corrected chi connectivity index (χ1v) is 18.5. The fourth-order valence-electron chi connectivity index (χ4n) is 5.51. The third-order valence-electron chi connectivity index (χ3n) is 8.07. The van der Waals surface area contributed by atoms with Crippen LogP contribution in [0.15, 0.2) is 66.1 Å². The van der Waals surface area contributed by atoms with Gasteiger partial charge in [0.25, 0.3) is 5.56 Å². The molecule has 0 spiro atoms. The smallest absolute Gasteiger partial charge is 0.254 e. The fourth-order valence-corrected chi connectivity index (χ4v) is 6.54.